The number of nitrogens with zero attached hydrogens (tertiary/aromatic N) is 2. The van der Waals surface area contributed by atoms with Gasteiger partial charge in [-0.05, 0) is 44.4 Å². The molecule has 0 unspecified atom stereocenters. The highest BCUT2D eigenvalue weighted by Crippen LogP contribution is 2.28. The number of carbonyl (C=O) groups is 2. The molecule has 2 amide bonds. The van der Waals surface area contributed by atoms with Gasteiger partial charge in [-0.1, -0.05) is 36.8 Å². The number of fused-ring (bicyclic) bond motifs is 1. The van der Waals surface area contributed by atoms with Gasteiger partial charge in [0.2, 0.25) is 0 Å². The van der Waals surface area contributed by atoms with Crippen molar-refractivity contribution >= 4 is 11.8 Å². The molecular weight excluding hydrogens is 420 g/mol. The Balaban J connectivity index is 1.53. The lowest BCUT2D eigenvalue weighted by Crippen LogP contribution is -2.42. The van der Waals surface area contributed by atoms with E-state index in [1.165, 1.54) is 7.11 Å². The van der Waals surface area contributed by atoms with Gasteiger partial charge in [0, 0.05) is 17.7 Å². The van der Waals surface area contributed by atoms with Gasteiger partial charge in [0.15, 0.2) is 17.2 Å². The standard InChI is InChI=1S/C25H28N4O4/c1-3-33-20-14-13-18(16-21(20)32-2)24(30)27-28-25(31)22-19-12-8-5-9-15-29(19)23(26-22)17-10-6-4-7-11-17/h4,6-7,10-11,13-14,16H,3,5,8-9,12,15H2,1-2H3,(H,27,30)(H,28,31). The molecule has 33 heavy (non-hydrogen) atoms. The minimum atomic E-state index is -0.460. The fourth-order valence-corrected chi connectivity index (χ4v) is 4.04. The Labute approximate surface area is 192 Å². The quantitative estimate of drug-likeness (QED) is 0.560. The third kappa shape index (κ3) is 4.84. The van der Waals surface area contributed by atoms with E-state index in [-0.39, 0.29) is 0 Å². The number of amides is 2. The smallest absolute Gasteiger partial charge is 0.290 e. The predicted octanol–water partition coefficient (Wildman–Crippen LogP) is 3.76. The van der Waals surface area contributed by atoms with Crippen molar-refractivity contribution in [2.75, 3.05) is 13.7 Å². The van der Waals surface area contributed by atoms with Gasteiger partial charge in [-0.15, -0.1) is 0 Å². The Morgan fingerprint density at radius 1 is 1.00 bits per heavy atom. The number of hydrazine groups is 1. The molecule has 0 atom stereocenters. The van der Waals surface area contributed by atoms with Crippen molar-refractivity contribution in [2.24, 2.45) is 0 Å². The van der Waals surface area contributed by atoms with Crippen molar-refractivity contribution < 1.29 is 19.1 Å². The first kappa shape index (κ1) is 22.4. The molecule has 0 saturated heterocycles. The van der Waals surface area contributed by atoms with E-state index in [4.69, 9.17) is 9.47 Å². The van der Waals surface area contributed by atoms with Gasteiger partial charge in [0.25, 0.3) is 11.8 Å². The Hall–Kier alpha value is -3.81. The van der Waals surface area contributed by atoms with E-state index in [0.29, 0.717) is 29.4 Å². The molecule has 8 nitrogen and oxygen atoms in total. The van der Waals surface area contributed by atoms with Gasteiger partial charge in [-0.25, -0.2) is 4.98 Å². The molecule has 0 radical (unpaired) electrons. The highest BCUT2D eigenvalue weighted by molar-refractivity contribution is 5.99. The van der Waals surface area contributed by atoms with E-state index in [2.05, 4.69) is 20.4 Å². The fourth-order valence-electron chi connectivity index (χ4n) is 4.04. The van der Waals surface area contributed by atoms with E-state index in [0.717, 1.165) is 49.3 Å². The molecule has 2 N–H and O–H groups in total. The van der Waals surface area contributed by atoms with Crippen LogP contribution in [-0.2, 0) is 13.0 Å². The Kier molecular flexibility index (Phi) is 6.92. The molecule has 0 saturated carbocycles. The van der Waals surface area contributed by atoms with Gasteiger partial charge < -0.3 is 14.0 Å². The molecule has 1 aliphatic rings. The number of ether oxygens (including phenoxy) is 2. The van der Waals surface area contributed by atoms with Crippen LogP contribution in [0, 0.1) is 0 Å². The van der Waals surface area contributed by atoms with E-state index in [1.54, 1.807) is 18.2 Å². The monoisotopic (exact) mass is 448 g/mol. The molecule has 2 aromatic carbocycles. The van der Waals surface area contributed by atoms with Crippen LogP contribution < -0.4 is 20.3 Å². The van der Waals surface area contributed by atoms with Gasteiger partial charge in [-0.3, -0.25) is 20.4 Å². The average Bonchev–Trinajstić information content (AvgIpc) is 3.04. The van der Waals surface area contributed by atoms with Gasteiger partial charge in [0.1, 0.15) is 5.82 Å². The van der Waals surface area contributed by atoms with Crippen molar-refractivity contribution in [1.82, 2.24) is 20.4 Å². The number of carbonyl (C=O) groups excluding carboxylic acids is 2. The van der Waals surface area contributed by atoms with Crippen molar-refractivity contribution in [2.45, 2.75) is 39.2 Å². The molecule has 0 fully saturated rings. The number of aromatic nitrogens is 2. The zero-order valence-electron chi connectivity index (χ0n) is 18.9. The Bertz CT molecular complexity index is 1140. The van der Waals surface area contributed by atoms with Crippen LogP contribution >= 0.6 is 0 Å². The lowest BCUT2D eigenvalue weighted by Gasteiger charge is -2.12. The maximum Gasteiger partial charge on any atom is 0.290 e. The molecule has 2 heterocycles. The first-order valence-corrected chi connectivity index (χ1v) is 11.2. The fraction of sp³-hybridized carbons (Fsp3) is 0.320. The number of hydrogen-bond acceptors (Lipinski definition) is 5. The third-order valence-corrected chi connectivity index (χ3v) is 5.63. The number of nitrogens with one attached hydrogen (secondary N) is 2. The zero-order valence-corrected chi connectivity index (χ0v) is 18.9. The predicted molar refractivity (Wildman–Crippen MR) is 124 cm³/mol. The van der Waals surface area contributed by atoms with Crippen LogP contribution in [0.4, 0.5) is 0 Å². The molecule has 1 aliphatic heterocycles. The molecule has 1 aromatic heterocycles. The van der Waals surface area contributed by atoms with Crippen LogP contribution in [0.15, 0.2) is 48.5 Å². The Morgan fingerprint density at radius 2 is 1.79 bits per heavy atom. The van der Waals surface area contributed by atoms with Crippen molar-refractivity contribution in [3.63, 3.8) is 0 Å². The maximum atomic E-state index is 13.0. The van der Waals surface area contributed by atoms with Gasteiger partial charge in [-0.2, -0.15) is 0 Å². The molecular formula is C25H28N4O4. The summed E-state index contributed by atoms with van der Waals surface area (Å²) in [5, 5.41) is 0. The summed E-state index contributed by atoms with van der Waals surface area (Å²) in [6, 6.07) is 14.7. The number of rotatable bonds is 6. The van der Waals surface area contributed by atoms with Gasteiger partial charge >= 0.3 is 0 Å². The van der Waals surface area contributed by atoms with Crippen LogP contribution in [0.3, 0.4) is 0 Å². The minimum Gasteiger partial charge on any atom is -0.493 e. The molecule has 172 valence electrons. The summed E-state index contributed by atoms with van der Waals surface area (Å²) in [5.74, 6) is 0.880. The summed E-state index contributed by atoms with van der Waals surface area (Å²) in [4.78, 5) is 30.3. The maximum absolute atomic E-state index is 13.0. The lowest BCUT2D eigenvalue weighted by molar-refractivity contribution is 0.0843. The second kappa shape index (κ2) is 10.2. The first-order chi connectivity index (χ1) is 16.1. The zero-order chi connectivity index (χ0) is 23.2. The van der Waals surface area contributed by atoms with Crippen LogP contribution in [-0.4, -0.2) is 35.1 Å². The SMILES string of the molecule is CCOc1ccc(C(=O)NNC(=O)c2nc(-c3ccccc3)n3c2CCCCC3)cc1OC. The average molecular weight is 449 g/mol. The topological polar surface area (TPSA) is 94.5 Å². The number of methoxy groups -OCH3 is 1. The summed E-state index contributed by atoms with van der Waals surface area (Å²) < 4.78 is 12.9. The summed E-state index contributed by atoms with van der Waals surface area (Å²) in [7, 11) is 1.51. The number of hydrogen-bond donors (Lipinski definition) is 2. The first-order valence-electron chi connectivity index (χ1n) is 11.2. The third-order valence-electron chi connectivity index (χ3n) is 5.63. The summed E-state index contributed by atoms with van der Waals surface area (Å²) in [6.45, 7) is 3.17. The summed E-state index contributed by atoms with van der Waals surface area (Å²) in [6.07, 6.45) is 3.92. The second-order valence-electron chi connectivity index (χ2n) is 7.77. The van der Waals surface area contributed by atoms with Crippen LogP contribution in [0.25, 0.3) is 11.4 Å². The molecule has 8 heteroatoms. The summed E-state index contributed by atoms with van der Waals surface area (Å²) in [5.41, 5.74) is 7.56. The second-order valence-corrected chi connectivity index (χ2v) is 7.77. The van der Waals surface area contributed by atoms with E-state index in [1.807, 2.05) is 37.3 Å². The molecule has 3 aromatic rings. The highest BCUT2D eigenvalue weighted by Gasteiger charge is 2.24. The van der Waals surface area contributed by atoms with Crippen molar-refractivity contribution in [3.05, 3.63) is 65.5 Å². The minimum absolute atomic E-state index is 0.337. The molecule has 4 rings (SSSR count). The van der Waals surface area contributed by atoms with Gasteiger partial charge in [0.05, 0.1) is 19.4 Å². The molecule has 0 spiro atoms. The van der Waals surface area contributed by atoms with Crippen molar-refractivity contribution in [1.29, 1.82) is 0 Å². The van der Waals surface area contributed by atoms with Crippen molar-refractivity contribution in [3.8, 4) is 22.9 Å². The lowest BCUT2D eigenvalue weighted by atomic mass is 10.1. The van der Waals surface area contributed by atoms with Crippen LogP contribution in [0.5, 0.6) is 11.5 Å². The van der Waals surface area contributed by atoms with Crippen LogP contribution in [0.1, 0.15) is 52.7 Å². The normalized spacial score (nSPS) is 12.9. The number of imidazole rings is 1. The molecule has 0 aliphatic carbocycles. The van der Waals surface area contributed by atoms with Crippen LogP contribution in [0.2, 0.25) is 0 Å². The van der Waals surface area contributed by atoms with E-state index < -0.39 is 11.8 Å². The highest BCUT2D eigenvalue weighted by atomic mass is 16.5. The summed E-state index contributed by atoms with van der Waals surface area (Å²) >= 11 is 0. The Morgan fingerprint density at radius 3 is 2.55 bits per heavy atom. The largest absolute Gasteiger partial charge is 0.493 e. The van der Waals surface area contributed by atoms with E-state index in [9.17, 15) is 9.59 Å². The molecule has 0 bridgehead atoms. The number of benzene rings is 2. The van der Waals surface area contributed by atoms with E-state index >= 15 is 0 Å².